The fraction of sp³-hybridized carbons (Fsp3) is 0.357. The summed E-state index contributed by atoms with van der Waals surface area (Å²) in [5.41, 5.74) is 2.19. The molecule has 1 aromatic carbocycles. The first-order chi connectivity index (χ1) is 9.13. The van der Waals surface area contributed by atoms with Gasteiger partial charge in [0.25, 0.3) is 0 Å². The molecule has 19 heavy (non-hydrogen) atoms. The third-order valence-electron chi connectivity index (χ3n) is 3.11. The van der Waals surface area contributed by atoms with Gasteiger partial charge in [0.15, 0.2) is 0 Å². The maximum atomic E-state index is 5.41. The number of nitrogens with zero attached hydrogens (tertiary/aromatic N) is 2. The van der Waals surface area contributed by atoms with Crippen molar-refractivity contribution in [1.82, 2.24) is 15.1 Å². The zero-order valence-corrected chi connectivity index (χ0v) is 12.9. The topological polar surface area (TPSA) is 39.1 Å². The molecule has 2 aromatic rings. The molecular formula is C14H18BrN3O. The van der Waals surface area contributed by atoms with Crippen molar-refractivity contribution in [2.24, 2.45) is 7.05 Å². The molecule has 4 nitrogen and oxygen atoms in total. The Bertz CT molecular complexity index is 553. The zero-order chi connectivity index (χ0) is 13.8. The summed E-state index contributed by atoms with van der Waals surface area (Å²) < 4.78 is 8.28. The molecule has 0 aliphatic carbocycles. The van der Waals surface area contributed by atoms with E-state index >= 15 is 0 Å². The van der Waals surface area contributed by atoms with Crippen LogP contribution in [0.4, 0.5) is 0 Å². The van der Waals surface area contributed by atoms with E-state index in [4.69, 9.17) is 4.74 Å². The van der Waals surface area contributed by atoms with Crippen molar-refractivity contribution in [3.63, 3.8) is 0 Å². The Morgan fingerprint density at radius 2 is 2.21 bits per heavy atom. The van der Waals surface area contributed by atoms with Crippen LogP contribution in [0.3, 0.4) is 0 Å². The first-order valence-corrected chi connectivity index (χ1v) is 6.92. The maximum absolute atomic E-state index is 5.41. The molecular weight excluding hydrogens is 306 g/mol. The van der Waals surface area contributed by atoms with Gasteiger partial charge in [0.2, 0.25) is 0 Å². The van der Waals surface area contributed by atoms with E-state index in [0.717, 1.165) is 27.9 Å². The van der Waals surface area contributed by atoms with E-state index in [0.29, 0.717) is 0 Å². The van der Waals surface area contributed by atoms with Gasteiger partial charge < -0.3 is 10.1 Å². The highest BCUT2D eigenvalue weighted by atomic mass is 79.9. The van der Waals surface area contributed by atoms with Crippen LogP contribution in [-0.2, 0) is 13.5 Å². The van der Waals surface area contributed by atoms with Gasteiger partial charge >= 0.3 is 0 Å². The van der Waals surface area contributed by atoms with Crippen LogP contribution in [0.2, 0.25) is 0 Å². The summed E-state index contributed by atoms with van der Waals surface area (Å²) in [6, 6.07) is 8.25. The van der Waals surface area contributed by atoms with Crippen LogP contribution in [0.1, 0.15) is 17.3 Å². The minimum Gasteiger partial charge on any atom is -0.496 e. The second kappa shape index (κ2) is 6.21. The smallest absolute Gasteiger partial charge is 0.122 e. The minimum absolute atomic E-state index is 0.171. The number of halogens is 1. The molecule has 0 radical (unpaired) electrons. The predicted octanol–water partition coefficient (Wildman–Crippen LogP) is 2.69. The number of ether oxygens (including phenoxy) is 1. The average molecular weight is 324 g/mol. The monoisotopic (exact) mass is 323 g/mol. The first kappa shape index (κ1) is 14.1. The van der Waals surface area contributed by atoms with Crippen molar-refractivity contribution in [3.8, 4) is 5.75 Å². The third-order valence-corrected chi connectivity index (χ3v) is 3.60. The summed E-state index contributed by atoms with van der Waals surface area (Å²) in [7, 11) is 5.57. The lowest BCUT2D eigenvalue weighted by Crippen LogP contribution is -2.20. The molecule has 0 fully saturated rings. The van der Waals surface area contributed by atoms with Crippen LogP contribution in [0, 0.1) is 0 Å². The van der Waals surface area contributed by atoms with E-state index in [-0.39, 0.29) is 6.04 Å². The van der Waals surface area contributed by atoms with Crippen molar-refractivity contribution in [3.05, 3.63) is 46.2 Å². The van der Waals surface area contributed by atoms with Crippen molar-refractivity contribution in [2.75, 3.05) is 14.2 Å². The molecule has 0 spiro atoms. The standard InChI is InChI=1S/C14H18BrN3O/c1-16-13(12-6-7-18(2)17-12)9-10-8-11(15)4-5-14(10)19-3/h4-8,13,16H,9H2,1-3H3. The Kier molecular flexibility index (Phi) is 4.61. The van der Waals surface area contributed by atoms with E-state index in [1.807, 2.05) is 43.2 Å². The number of rotatable bonds is 5. The Morgan fingerprint density at radius 3 is 2.79 bits per heavy atom. The summed E-state index contributed by atoms with van der Waals surface area (Å²) >= 11 is 3.50. The fourth-order valence-electron chi connectivity index (χ4n) is 2.10. The van der Waals surface area contributed by atoms with Crippen molar-refractivity contribution in [1.29, 1.82) is 0 Å². The lowest BCUT2D eigenvalue weighted by molar-refractivity contribution is 0.406. The highest BCUT2D eigenvalue weighted by Gasteiger charge is 2.15. The van der Waals surface area contributed by atoms with Crippen molar-refractivity contribution >= 4 is 15.9 Å². The van der Waals surface area contributed by atoms with Crippen LogP contribution in [0.15, 0.2) is 34.9 Å². The average Bonchev–Trinajstić information content (AvgIpc) is 2.82. The normalized spacial score (nSPS) is 12.4. The molecule has 1 aromatic heterocycles. The van der Waals surface area contributed by atoms with Crippen LogP contribution < -0.4 is 10.1 Å². The molecule has 2 rings (SSSR count). The van der Waals surface area contributed by atoms with E-state index in [9.17, 15) is 0 Å². The second-order valence-electron chi connectivity index (χ2n) is 4.42. The molecule has 0 aliphatic heterocycles. The molecule has 0 amide bonds. The number of methoxy groups -OCH3 is 1. The van der Waals surface area contributed by atoms with Gasteiger partial charge in [0, 0.05) is 17.7 Å². The molecule has 1 unspecified atom stereocenters. The van der Waals surface area contributed by atoms with Crippen molar-refractivity contribution in [2.45, 2.75) is 12.5 Å². The number of aryl methyl sites for hydroxylation is 1. The van der Waals surface area contributed by atoms with E-state index in [1.54, 1.807) is 7.11 Å². The quantitative estimate of drug-likeness (QED) is 0.919. The van der Waals surface area contributed by atoms with Crippen molar-refractivity contribution < 1.29 is 4.74 Å². The lowest BCUT2D eigenvalue weighted by Gasteiger charge is -2.16. The molecule has 102 valence electrons. The zero-order valence-electron chi connectivity index (χ0n) is 11.4. The predicted molar refractivity (Wildman–Crippen MR) is 79.4 cm³/mol. The Labute approximate surface area is 121 Å². The van der Waals surface area contributed by atoms with Crippen LogP contribution in [0.25, 0.3) is 0 Å². The molecule has 1 N–H and O–H groups in total. The van der Waals surface area contributed by atoms with E-state index in [2.05, 4.69) is 32.4 Å². The minimum atomic E-state index is 0.171. The second-order valence-corrected chi connectivity index (χ2v) is 5.33. The van der Waals surface area contributed by atoms with Gasteiger partial charge in [0.1, 0.15) is 5.75 Å². The summed E-state index contributed by atoms with van der Waals surface area (Å²) in [4.78, 5) is 0. The number of hydrogen-bond acceptors (Lipinski definition) is 3. The summed E-state index contributed by atoms with van der Waals surface area (Å²) in [6.45, 7) is 0. The Balaban J connectivity index is 2.25. The number of benzene rings is 1. The molecule has 1 atom stereocenters. The number of nitrogens with one attached hydrogen (secondary N) is 1. The van der Waals surface area contributed by atoms with Crippen LogP contribution in [-0.4, -0.2) is 23.9 Å². The van der Waals surface area contributed by atoms with Gasteiger partial charge in [-0.3, -0.25) is 4.68 Å². The van der Waals surface area contributed by atoms with E-state index in [1.165, 1.54) is 0 Å². The van der Waals surface area contributed by atoms with Crippen LogP contribution >= 0.6 is 15.9 Å². The van der Waals surface area contributed by atoms with Gasteiger partial charge in [-0.15, -0.1) is 0 Å². The SMILES string of the molecule is CNC(Cc1cc(Br)ccc1OC)c1ccn(C)n1. The molecule has 0 aliphatic rings. The summed E-state index contributed by atoms with van der Waals surface area (Å²) in [6.07, 6.45) is 2.79. The van der Waals surface area contributed by atoms with Crippen LogP contribution in [0.5, 0.6) is 5.75 Å². The van der Waals surface area contributed by atoms with Gasteiger partial charge in [0.05, 0.1) is 18.8 Å². The van der Waals surface area contributed by atoms with E-state index < -0.39 is 0 Å². The molecule has 5 heteroatoms. The largest absolute Gasteiger partial charge is 0.496 e. The van der Waals surface area contributed by atoms with Gasteiger partial charge in [-0.05, 0) is 43.3 Å². The number of hydrogen-bond donors (Lipinski definition) is 1. The number of likely N-dealkylation sites (N-methyl/N-ethyl adjacent to an activating group) is 1. The highest BCUT2D eigenvalue weighted by Crippen LogP contribution is 2.27. The Morgan fingerprint density at radius 1 is 1.42 bits per heavy atom. The van der Waals surface area contributed by atoms with Gasteiger partial charge in [-0.2, -0.15) is 5.10 Å². The van der Waals surface area contributed by atoms with Gasteiger partial charge in [-0.1, -0.05) is 15.9 Å². The molecule has 0 saturated heterocycles. The fourth-order valence-corrected chi connectivity index (χ4v) is 2.51. The third kappa shape index (κ3) is 3.36. The maximum Gasteiger partial charge on any atom is 0.122 e. The summed E-state index contributed by atoms with van der Waals surface area (Å²) in [5.74, 6) is 0.902. The van der Waals surface area contributed by atoms with Gasteiger partial charge in [-0.25, -0.2) is 0 Å². The highest BCUT2D eigenvalue weighted by molar-refractivity contribution is 9.10. The Hall–Kier alpha value is -1.33. The summed E-state index contributed by atoms with van der Waals surface area (Å²) in [5, 5.41) is 7.76. The molecule has 0 saturated carbocycles. The number of aromatic nitrogens is 2. The molecule has 0 bridgehead atoms. The first-order valence-electron chi connectivity index (χ1n) is 6.13. The lowest BCUT2D eigenvalue weighted by atomic mass is 10.0. The molecule has 1 heterocycles.